The van der Waals surface area contributed by atoms with Crippen molar-refractivity contribution < 1.29 is 0 Å². The van der Waals surface area contributed by atoms with E-state index in [-0.39, 0.29) is 10.8 Å². The summed E-state index contributed by atoms with van der Waals surface area (Å²) >= 11 is 4.20. The number of fused-ring (bicyclic) bond motifs is 2. The zero-order chi connectivity index (χ0) is 36.2. The van der Waals surface area contributed by atoms with E-state index in [1.54, 1.807) is 0 Å². The second kappa shape index (κ2) is 15.9. The highest BCUT2D eigenvalue weighted by atomic mass is 32.2. The Morgan fingerprint density at radius 3 is 2.31 bits per heavy atom. The number of nitrogens with one attached hydrogen (secondary N) is 2. The number of hydrogen-bond acceptors (Lipinski definition) is 7. The monoisotopic (exact) mass is 728 g/mol. The quantitative estimate of drug-likeness (QED) is 0.161. The number of thioether (sulfide) groups is 3. The van der Waals surface area contributed by atoms with Gasteiger partial charge < -0.3 is 4.90 Å². The van der Waals surface area contributed by atoms with Crippen LogP contribution in [0.5, 0.6) is 0 Å². The molecule has 1 aliphatic carbocycles. The molecule has 0 bridgehead atoms. The smallest absolute Gasteiger partial charge is 0.133 e. The second-order valence-corrected chi connectivity index (χ2v) is 17.8. The summed E-state index contributed by atoms with van der Waals surface area (Å²) in [7, 11) is 0. The zero-order valence-corrected chi connectivity index (χ0v) is 32.8. The van der Waals surface area contributed by atoms with Crippen molar-refractivity contribution in [3.05, 3.63) is 148 Å². The van der Waals surface area contributed by atoms with Crippen molar-refractivity contribution in [2.75, 3.05) is 11.4 Å². The first kappa shape index (κ1) is 37.0. The summed E-state index contributed by atoms with van der Waals surface area (Å²) in [5.41, 5.74) is 11.8. The molecule has 0 unspecified atom stereocenters. The van der Waals surface area contributed by atoms with E-state index in [9.17, 15) is 0 Å². The number of allylic oxidation sites excluding steroid dienone is 7. The minimum Gasteiger partial charge on any atom is -0.344 e. The number of unbranched alkanes of at least 4 members (excludes halogenated alkanes) is 1. The number of anilines is 1. The third-order valence-corrected chi connectivity index (χ3v) is 13.2. The molecule has 3 aromatic carbocycles. The van der Waals surface area contributed by atoms with Crippen LogP contribution in [0.3, 0.4) is 0 Å². The molecule has 3 aromatic rings. The Hall–Kier alpha value is -3.78. The van der Waals surface area contributed by atoms with Crippen LogP contribution in [0.4, 0.5) is 11.4 Å². The van der Waals surface area contributed by atoms with Crippen molar-refractivity contribution >= 4 is 67.2 Å². The van der Waals surface area contributed by atoms with Crippen LogP contribution >= 0.6 is 35.3 Å². The van der Waals surface area contributed by atoms with E-state index in [0.717, 1.165) is 59.7 Å². The van der Waals surface area contributed by atoms with E-state index in [1.165, 1.54) is 68.9 Å². The van der Waals surface area contributed by atoms with Crippen molar-refractivity contribution in [3.8, 4) is 0 Å². The van der Waals surface area contributed by atoms with Crippen LogP contribution in [0.2, 0.25) is 0 Å². The molecule has 4 nitrogen and oxygen atoms in total. The summed E-state index contributed by atoms with van der Waals surface area (Å²) in [6.07, 6.45) is 15.0. The Kier molecular flexibility index (Phi) is 11.5. The van der Waals surface area contributed by atoms with Crippen molar-refractivity contribution in [3.63, 3.8) is 0 Å². The van der Waals surface area contributed by atoms with E-state index in [2.05, 4.69) is 131 Å². The third-order valence-electron chi connectivity index (χ3n) is 10.1. The Labute approximate surface area is 317 Å². The van der Waals surface area contributed by atoms with Gasteiger partial charge in [0.15, 0.2) is 0 Å². The number of benzene rings is 3. The Balaban J connectivity index is 1.27. The minimum absolute atomic E-state index is 0.109. The zero-order valence-electron chi connectivity index (χ0n) is 30.4. The first-order valence-corrected chi connectivity index (χ1v) is 20.4. The number of nitrogens with zero attached hydrogens (tertiary/aromatic N) is 2. The molecule has 3 aliphatic rings. The van der Waals surface area contributed by atoms with Crippen LogP contribution in [-0.4, -0.2) is 21.0 Å². The number of aliphatic imine (C=N–C) groups is 1. The van der Waals surface area contributed by atoms with Crippen molar-refractivity contribution in [2.45, 2.75) is 76.9 Å². The van der Waals surface area contributed by atoms with Crippen molar-refractivity contribution in [2.24, 2.45) is 4.99 Å². The topological polar surface area (TPSA) is 63.3 Å². The molecule has 0 amide bonds. The van der Waals surface area contributed by atoms with E-state index in [4.69, 9.17) is 15.8 Å². The molecule has 7 heteroatoms. The molecule has 0 atom stereocenters. The van der Waals surface area contributed by atoms with Gasteiger partial charge in [-0.2, -0.15) is 0 Å². The van der Waals surface area contributed by atoms with Gasteiger partial charge in [-0.3, -0.25) is 15.8 Å². The van der Waals surface area contributed by atoms with Crippen LogP contribution in [0.1, 0.15) is 82.6 Å². The highest BCUT2D eigenvalue weighted by Gasteiger charge is 2.39. The normalized spacial score (nSPS) is 18.8. The SMILES string of the molecule is C=Cc1ccc(CSC(=N)SC(=N)SC2=C(/C=C/C3=Nc4ccccc4C3(C)C)CC/C2=C\C=C2\N(CCCC)c3ccccc3C2(C)C)cc1. The molecule has 262 valence electrons. The Morgan fingerprint density at radius 2 is 1.59 bits per heavy atom. The van der Waals surface area contributed by atoms with Gasteiger partial charge in [0.25, 0.3) is 0 Å². The average molecular weight is 729 g/mol. The van der Waals surface area contributed by atoms with E-state index in [0.29, 0.717) is 14.5 Å². The predicted molar refractivity (Wildman–Crippen MR) is 228 cm³/mol. The predicted octanol–water partition coefficient (Wildman–Crippen LogP) is 13.0. The van der Waals surface area contributed by atoms with Crippen molar-refractivity contribution in [1.82, 2.24) is 0 Å². The fourth-order valence-electron chi connectivity index (χ4n) is 7.09. The molecule has 6 rings (SSSR count). The Morgan fingerprint density at radius 1 is 0.863 bits per heavy atom. The maximum atomic E-state index is 9.04. The van der Waals surface area contributed by atoms with Crippen molar-refractivity contribution in [1.29, 1.82) is 10.8 Å². The first-order chi connectivity index (χ1) is 24.5. The number of para-hydroxylation sites is 2. The molecule has 0 fully saturated rings. The molecule has 0 radical (unpaired) electrons. The largest absolute Gasteiger partial charge is 0.344 e. The van der Waals surface area contributed by atoms with Gasteiger partial charge in [0.05, 0.1) is 11.4 Å². The van der Waals surface area contributed by atoms with Gasteiger partial charge in [0.1, 0.15) is 8.75 Å². The lowest BCUT2D eigenvalue weighted by Crippen LogP contribution is -2.26. The summed E-state index contributed by atoms with van der Waals surface area (Å²) in [6, 6.07) is 25.5. The molecule has 2 aliphatic heterocycles. The molecule has 2 heterocycles. The lowest BCUT2D eigenvalue weighted by Gasteiger charge is -2.27. The maximum Gasteiger partial charge on any atom is 0.133 e. The summed E-state index contributed by atoms with van der Waals surface area (Å²) in [6.45, 7) is 16.2. The molecule has 0 spiro atoms. The average Bonchev–Trinajstić information content (AvgIpc) is 3.70. The summed E-state index contributed by atoms with van der Waals surface area (Å²) in [5.74, 6) is 0.698. The van der Waals surface area contributed by atoms with Crippen LogP contribution in [0.25, 0.3) is 6.08 Å². The number of rotatable bonds is 10. The summed E-state index contributed by atoms with van der Waals surface area (Å²) < 4.78 is 0.848. The van der Waals surface area contributed by atoms with Crippen LogP contribution in [-0.2, 0) is 16.6 Å². The molecule has 0 saturated heterocycles. The number of hydrogen-bond donors (Lipinski definition) is 2. The summed E-state index contributed by atoms with van der Waals surface area (Å²) in [5, 5.41) is 17.7. The molecular weight excluding hydrogens is 681 g/mol. The molecule has 0 saturated carbocycles. The van der Waals surface area contributed by atoms with Gasteiger partial charge in [0.2, 0.25) is 0 Å². The lowest BCUT2D eigenvalue weighted by atomic mass is 9.81. The van der Waals surface area contributed by atoms with Gasteiger partial charge in [0, 0.05) is 39.4 Å². The fourth-order valence-corrected chi connectivity index (χ4v) is 10.0. The van der Waals surface area contributed by atoms with Gasteiger partial charge in [-0.05, 0) is 88.7 Å². The van der Waals surface area contributed by atoms with Gasteiger partial charge in [-0.25, -0.2) is 0 Å². The fraction of sp³-hybridized carbons (Fsp3) is 0.295. The van der Waals surface area contributed by atoms with Crippen LogP contribution < -0.4 is 4.90 Å². The Bertz CT molecular complexity index is 1990. The highest BCUT2D eigenvalue weighted by Crippen LogP contribution is 2.49. The van der Waals surface area contributed by atoms with Crippen LogP contribution in [0, 0.1) is 10.8 Å². The van der Waals surface area contributed by atoms with E-state index < -0.39 is 0 Å². The minimum atomic E-state index is -0.172. The van der Waals surface area contributed by atoms with Crippen LogP contribution in [0.15, 0.2) is 130 Å². The van der Waals surface area contributed by atoms with Gasteiger partial charge in [-0.15, -0.1) is 0 Å². The van der Waals surface area contributed by atoms with E-state index >= 15 is 0 Å². The second-order valence-electron chi connectivity index (χ2n) is 14.2. The molecule has 2 N–H and O–H groups in total. The van der Waals surface area contributed by atoms with Gasteiger partial charge in [-0.1, -0.05) is 150 Å². The third kappa shape index (κ3) is 8.01. The highest BCUT2D eigenvalue weighted by molar-refractivity contribution is 8.54. The van der Waals surface area contributed by atoms with E-state index in [1.807, 2.05) is 18.2 Å². The maximum absolute atomic E-state index is 9.04. The summed E-state index contributed by atoms with van der Waals surface area (Å²) in [4.78, 5) is 8.65. The first-order valence-electron chi connectivity index (χ1n) is 17.8. The van der Waals surface area contributed by atoms with Gasteiger partial charge >= 0.3 is 0 Å². The standard InChI is InChI=1S/C44H48N4S3/c1-7-9-28-48-37-17-13-11-15-35(37)44(5,6)39(48)27-25-33-23-22-32(24-26-38-43(3,4)34-14-10-12-16-36(34)47-38)40(33)50-42(46)51-41(45)49-29-31-20-18-30(8-2)19-21-31/h8,10-21,24-27,45-46H,2,7,9,22-23,28-29H2,1,3-6H3/b26-24+,33-25+,39-27+,45-41?,46-42?. The lowest BCUT2D eigenvalue weighted by molar-refractivity contribution is 0.624. The molecule has 51 heavy (non-hydrogen) atoms. The molecule has 0 aromatic heterocycles. The molecular formula is C44H48N4S3.